The van der Waals surface area contributed by atoms with Crippen LogP contribution < -0.4 is 4.90 Å². The highest BCUT2D eigenvalue weighted by Crippen LogP contribution is 2.30. The van der Waals surface area contributed by atoms with Gasteiger partial charge in [0.15, 0.2) is 0 Å². The number of benzene rings is 1. The number of piperazine rings is 1. The van der Waals surface area contributed by atoms with Crippen LogP contribution in [-0.4, -0.2) is 61.3 Å². The molecule has 1 aromatic carbocycles. The maximum Gasteiger partial charge on any atom is 0.137 e. The van der Waals surface area contributed by atoms with Crippen LogP contribution in [0.4, 0.5) is 5.82 Å². The van der Waals surface area contributed by atoms with Crippen LogP contribution in [0.15, 0.2) is 48.7 Å². The summed E-state index contributed by atoms with van der Waals surface area (Å²) in [5.41, 5.74) is 3.16. The van der Waals surface area contributed by atoms with Crippen molar-refractivity contribution in [3.8, 4) is 11.3 Å². The number of nitrogens with zero attached hydrogens (tertiary/aromatic N) is 4. The van der Waals surface area contributed by atoms with Crippen molar-refractivity contribution in [3.63, 3.8) is 0 Å². The van der Waals surface area contributed by atoms with Gasteiger partial charge in [0.05, 0.1) is 5.69 Å². The molecular weight excluding hydrogens is 360 g/mol. The number of fused-ring (bicyclic) bond motifs is 1. The van der Waals surface area contributed by atoms with Gasteiger partial charge < -0.3 is 14.5 Å². The van der Waals surface area contributed by atoms with E-state index in [0.29, 0.717) is 0 Å². The molecule has 0 saturated carbocycles. The predicted octanol–water partition coefficient (Wildman–Crippen LogP) is 4.02. The lowest BCUT2D eigenvalue weighted by Crippen LogP contribution is -2.46. The molecule has 0 atom stereocenters. The van der Waals surface area contributed by atoms with Crippen LogP contribution in [0.5, 0.6) is 0 Å². The molecule has 3 aromatic rings. The number of hydrogen-bond donors (Lipinski definition) is 0. The Morgan fingerprint density at radius 1 is 1.03 bits per heavy atom. The summed E-state index contributed by atoms with van der Waals surface area (Å²) in [6.45, 7) is 8.34. The number of ether oxygens (including phenoxy) is 1. The van der Waals surface area contributed by atoms with Gasteiger partial charge in [-0.1, -0.05) is 31.2 Å². The Balaban J connectivity index is 1.63. The highest BCUT2D eigenvalue weighted by atomic mass is 16.5. The zero-order chi connectivity index (χ0) is 20.1. The van der Waals surface area contributed by atoms with Gasteiger partial charge in [-0.2, -0.15) is 0 Å². The lowest BCUT2D eigenvalue weighted by atomic mass is 10.1. The van der Waals surface area contributed by atoms with E-state index < -0.39 is 0 Å². The lowest BCUT2D eigenvalue weighted by molar-refractivity contribution is 0.195. The smallest absolute Gasteiger partial charge is 0.137 e. The molecule has 0 radical (unpaired) electrons. The second-order valence-corrected chi connectivity index (χ2v) is 7.61. The van der Waals surface area contributed by atoms with Gasteiger partial charge in [-0.3, -0.25) is 4.98 Å². The third kappa shape index (κ3) is 4.57. The first-order valence-corrected chi connectivity index (χ1v) is 10.6. The van der Waals surface area contributed by atoms with E-state index in [2.05, 4.69) is 64.2 Å². The zero-order valence-corrected chi connectivity index (χ0v) is 17.5. The molecule has 1 aliphatic heterocycles. The van der Waals surface area contributed by atoms with Gasteiger partial charge >= 0.3 is 0 Å². The molecule has 5 heteroatoms. The Labute approximate surface area is 173 Å². The fourth-order valence-electron chi connectivity index (χ4n) is 3.97. The van der Waals surface area contributed by atoms with Crippen molar-refractivity contribution in [1.29, 1.82) is 0 Å². The Bertz CT molecular complexity index is 933. The van der Waals surface area contributed by atoms with Gasteiger partial charge in [0.25, 0.3) is 0 Å². The summed E-state index contributed by atoms with van der Waals surface area (Å²) in [7, 11) is 1.74. The average Bonchev–Trinajstić information content (AvgIpc) is 2.79. The molecule has 0 bridgehead atoms. The summed E-state index contributed by atoms with van der Waals surface area (Å²) < 4.78 is 5.14. The van der Waals surface area contributed by atoms with E-state index in [1.807, 2.05) is 6.20 Å². The minimum atomic E-state index is 0.768. The number of anilines is 1. The van der Waals surface area contributed by atoms with Crippen molar-refractivity contribution in [2.45, 2.75) is 19.8 Å². The first-order valence-electron chi connectivity index (χ1n) is 10.6. The Morgan fingerprint density at radius 2 is 1.86 bits per heavy atom. The second-order valence-electron chi connectivity index (χ2n) is 7.61. The van der Waals surface area contributed by atoms with Crippen LogP contribution in [0.3, 0.4) is 0 Å². The predicted molar refractivity (Wildman–Crippen MR) is 119 cm³/mol. The van der Waals surface area contributed by atoms with Crippen LogP contribution in [0.2, 0.25) is 0 Å². The van der Waals surface area contributed by atoms with E-state index in [4.69, 9.17) is 9.72 Å². The molecule has 1 fully saturated rings. The summed E-state index contributed by atoms with van der Waals surface area (Å²) in [4.78, 5) is 14.7. The monoisotopic (exact) mass is 390 g/mol. The van der Waals surface area contributed by atoms with Crippen molar-refractivity contribution in [2.24, 2.45) is 0 Å². The van der Waals surface area contributed by atoms with Crippen LogP contribution in [0.25, 0.3) is 22.0 Å². The van der Waals surface area contributed by atoms with E-state index in [-0.39, 0.29) is 0 Å². The molecule has 152 valence electrons. The largest absolute Gasteiger partial charge is 0.385 e. The van der Waals surface area contributed by atoms with E-state index in [1.54, 1.807) is 7.11 Å². The van der Waals surface area contributed by atoms with Crippen LogP contribution in [-0.2, 0) is 11.2 Å². The first-order chi connectivity index (χ1) is 14.3. The Hall–Kier alpha value is -2.50. The molecule has 0 N–H and O–H groups in total. The average molecular weight is 391 g/mol. The van der Waals surface area contributed by atoms with Gasteiger partial charge in [0.1, 0.15) is 5.82 Å². The van der Waals surface area contributed by atoms with E-state index in [1.165, 1.54) is 10.8 Å². The van der Waals surface area contributed by atoms with E-state index in [0.717, 1.165) is 74.9 Å². The summed E-state index contributed by atoms with van der Waals surface area (Å²) in [6, 6.07) is 15.0. The maximum absolute atomic E-state index is 5.14. The number of aryl methyl sites for hydroxylation is 1. The zero-order valence-electron chi connectivity index (χ0n) is 17.5. The van der Waals surface area contributed by atoms with Crippen LogP contribution in [0, 0.1) is 0 Å². The number of methoxy groups -OCH3 is 1. The maximum atomic E-state index is 5.14. The highest BCUT2D eigenvalue weighted by Gasteiger charge is 2.19. The molecule has 2 aromatic heterocycles. The molecule has 1 saturated heterocycles. The SMILES string of the molecule is CCN1CCN(c2nc(-c3ccc(CCCOC)nc3)cc3ccccc23)CC1. The molecule has 0 aliphatic carbocycles. The summed E-state index contributed by atoms with van der Waals surface area (Å²) >= 11 is 0. The van der Waals surface area contributed by atoms with Crippen molar-refractivity contribution in [2.75, 3.05) is 51.3 Å². The van der Waals surface area contributed by atoms with Gasteiger partial charge in [-0.05, 0) is 43.0 Å². The Kier molecular flexibility index (Phi) is 6.37. The fraction of sp³-hybridized carbons (Fsp3) is 0.417. The number of aromatic nitrogens is 2. The Morgan fingerprint density at radius 3 is 2.59 bits per heavy atom. The summed E-state index contributed by atoms with van der Waals surface area (Å²) in [6.07, 6.45) is 3.88. The molecule has 0 unspecified atom stereocenters. The normalized spacial score (nSPS) is 15.2. The lowest BCUT2D eigenvalue weighted by Gasteiger charge is -2.35. The third-order valence-electron chi connectivity index (χ3n) is 5.74. The van der Waals surface area contributed by atoms with Gasteiger partial charge in [-0.15, -0.1) is 0 Å². The van der Waals surface area contributed by atoms with Crippen molar-refractivity contribution in [1.82, 2.24) is 14.9 Å². The molecule has 1 aliphatic rings. The molecule has 3 heterocycles. The molecule has 0 spiro atoms. The van der Waals surface area contributed by atoms with Crippen molar-refractivity contribution < 1.29 is 4.74 Å². The quantitative estimate of drug-likeness (QED) is 0.570. The molecule has 5 nitrogen and oxygen atoms in total. The van der Waals surface area contributed by atoms with Crippen molar-refractivity contribution in [3.05, 3.63) is 54.4 Å². The third-order valence-corrected chi connectivity index (χ3v) is 5.74. The summed E-state index contributed by atoms with van der Waals surface area (Å²) in [5.74, 6) is 1.10. The number of hydrogen-bond acceptors (Lipinski definition) is 5. The fourth-order valence-corrected chi connectivity index (χ4v) is 3.97. The standard InChI is InChI=1S/C24H30N4O/c1-3-27-12-14-28(15-13-27)24-22-9-5-4-7-19(22)17-23(26-24)20-10-11-21(25-18-20)8-6-16-29-2/h4-5,7,9-11,17-18H,3,6,8,12-16H2,1-2H3. The van der Waals surface area contributed by atoms with Crippen LogP contribution >= 0.6 is 0 Å². The second kappa shape index (κ2) is 9.33. The summed E-state index contributed by atoms with van der Waals surface area (Å²) in [5, 5.41) is 2.46. The molecule has 4 rings (SSSR count). The van der Waals surface area contributed by atoms with E-state index in [9.17, 15) is 0 Å². The highest BCUT2D eigenvalue weighted by molar-refractivity contribution is 5.95. The van der Waals surface area contributed by atoms with Gasteiger partial charge in [0, 0.05) is 62.7 Å². The van der Waals surface area contributed by atoms with E-state index >= 15 is 0 Å². The topological polar surface area (TPSA) is 41.5 Å². The van der Waals surface area contributed by atoms with Gasteiger partial charge in [0.2, 0.25) is 0 Å². The van der Waals surface area contributed by atoms with Crippen LogP contribution in [0.1, 0.15) is 19.0 Å². The van der Waals surface area contributed by atoms with Crippen molar-refractivity contribution >= 4 is 16.6 Å². The number of rotatable bonds is 7. The number of pyridine rings is 2. The molecule has 0 amide bonds. The minimum Gasteiger partial charge on any atom is -0.385 e. The number of likely N-dealkylation sites (N-methyl/N-ethyl adjacent to an activating group) is 1. The van der Waals surface area contributed by atoms with Gasteiger partial charge in [-0.25, -0.2) is 4.98 Å². The molecular formula is C24H30N4O. The minimum absolute atomic E-state index is 0.768. The molecule has 29 heavy (non-hydrogen) atoms. The first kappa shape index (κ1) is 19.8.